The van der Waals surface area contributed by atoms with Gasteiger partial charge in [0, 0.05) is 30.9 Å². The molecule has 0 spiro atoms. The Hall–Kier alpha value is -1.42. The van der Waals surface area contributed by atoms with Gasteiger partial charge in [-0.3, -0.25) is 9.78 Å². The zero-order chi connectivity index (χ0) is 14.3. The molecule has 0 bridgehead atoms. The Balaban J connectivity index is 2.50. The molecule has 1 aromatic rings. The highest BCUT2D eigenvalue weighted by Gasteiger charge is 2.22. The minimum atomic E-state index is -0.142. The molecule has 0 fully saturated rings. The summed E-state index contributed by atoms with van der Waals surface area (Å²) in [5.41, 5.74) is 1.25. The lowest BCUT2D eigenvalue weighted by Gasteiger charge is -2.26. The zero-order valence-electron chi connectivity index (χ0n) is 12.3. The number of nitrogens with one attached hydrogen (secondary N) is 1. The Morgan fingerprint density at radius 1 is 1.42 bits per heavy atom. The van der Waals surface area contributed by atoms with Crippen molar-refractivity contribution in [3.63, 3.8) is 0 Å². The first kappa shape index (κ1) is 15.6. The summed E-state index contributed by atoms with van der Waals surface area (Å²) in [4.78, 5) is 15.5. The molecule has 1 N–H and O–H groups in total. The third-order valence-corrected chi connectivity index (χ3v) is 3.45. The molecule has 0 aliphatic carbocycles. The lowest BCUT2D eigenvalue weighted by Crippen LogP contribution is -2.37. The van der Waals surface area contributed by atoms with Gasteiger partial charge in [-0.15, -0.1) is 0 Å². The molecule has 0 aromatic carbocycles. The van der Waals surface area contributed by atoms with Gasteiger partial charge in [0.05, 0.1) is 13.0 Å². The van der Waals surface area contributed by atoms with E-state index in [4.69, 9.17) is 4.74 Å². The predicted octanol–water partition coefficient (Wildman–Crippen LogP) is 2.15. The van der Waals surface area contributed by atoms with Gasteiger partial charge >= 0.3 is 5.97 Å². The molecule has 0 saturated heterocycles. The summed E-state index contributed by atoms with van der Waals surface area (Å²) in [5, 5.41) is 3.37. The van der Waals surface area contributed by atoms with E-state index in [1.54, 1.807) is 12.4 Å². The number of methoxy groups -OCH3 is 1. The van der Waals surface area contributed by atoms with E-state index in [9.17, 15) is 4.79 Å². The molecular weight excluding hydrogens is 240 g/mol. The molecule has 0 saturated carbocycles. The van der Waals surface area contributed by atoms with Crippen LogP contribution in [0.3, 0.4) is 0 Å². The maximum absolute atomic E-state index is 11.5. The Morgan fingerprint density at radius 3 is 2.58 bits per heavy atom. The summed E-state index contributed by atoms with van der Waals surface area (Å²) in [6.07, 6.45) is 4.40. The van der Waals surface area contributed by atoms with Crippen LogP contribution in [-0.2, 0) is 14.9 Å². The van der Waals surface area contributed by atoms with Crippen molar-refractivity contribution in [2.24, 2.45) is 5.92 Å². The molecule has 0 radical (unpaired) electrons. The van der Waals surface area contributed by atoms with Crippen LogP contribution in [0, 0.1) is 5.92 Å². The standard InChI is InChI=1S/C15H24N2O2/c1-5-12(14(18)19-4)10-17-11-15(2,3)13-6-8-16-9-7-13/h6-9,12,17H,5,10-11H2,1-4H3. The van der Waals surface area contributed by atoms with Crippen LogP contribution >= 0.6 is 0 Å². The molecule has 0 amide bonds. The number of nitrogens with zero attached hydrogens (tertiary/aromatic N) is 1. The smallest absolute Gasteiger partial charge is 0.309 e. The summed E-state index contributed by atoms with van der Waals surface area (Å²) < 4.78 is 4.78. The van der Waals surface area contributed by atoms with Gasteiger partial charge in [0.1, 0.15) is 0 Å². The fraction of sp³-hybridized carbons (Fsp3) is 0.600. The van der Waals surface area contributed by atoms with Crippen molar-refractivity contribution < 1.29 is 9.53 Å². The van der Waals surface area contributed by atoms with Gasteiger partial charge in [0.25, 0.3) is 0 Å². The van der Waals surface area contributed by atoms with E-state index in [2.05, 4.69) is 24.1 Å². The molecule has 1 aromatic heterocycles. The van der Waals surface area contributed by atoms with Crippen LogP contribution in [0.2, 0.25) is 0 Å². The van der Waals surface area contributed by atoms with Crippen molar-refractivity contribution in [2.75, 3.05) is 20.2 Å². The number of carbonyl (C=O) groups is 1. The summed E-state index contributed by atoms with van der Waals surface area (Å²) in [5.74, 6) is -0.213. The van der Waals surface area contributed by atoms with Crippen molar-refractivity contribution in [2.45, 2.75) is 32.6 Å². The molecule has 0 aliphatic rings. The first-order valence-electron chi connectivity index (χ1n) is 6.70. The second-order valence-electron chi connectivity index (χ2n) is 5.38. The Kier molecular flexibility index (Phi) is 5.96. The van der Waals surface area contributed by atoms with Crippen LogP contribution in [0.1, 0.15) is 32.8 Å². The molecule has 19 heavy (non-hydrogen) atoms. The average molecular weight is 264 g/mol. The Labute approximate surface area is 115 Å². The minimum absolute atomic E-state index is 0.0113. The average Bonchev–Trinajstić information content (AvgIpc) is 2.43. The number of esters is 1. The highest BCUT2D eigenvalue weighted by atomic mass is 16.5. The zero-order valence-corrected chi connectivity index (χ0v) is 12.3. The van der Waals surface area contributed by atoms with Crippen LogP contribution in [0.25, 0.3) is 0 Å². The van der Waals surface area contributed by atoms with Crippen molar-refractivity contribution in [3.05, 3.63) is 30.1 Å². The highest BCUT2D eigenvalue weighted by molar-refractivity contribution is 5.72. The van der Waals surface area contributed by atoms with E-state index in [0.29, 0.717) is 6.54 Å². The number of ether oxygens (including phenoxy) is 1. The monoisotopic (exact) mass is 264 g/mol. The van der Waals surface area contributed by atoms with E-state index in [1.807, 2.05) is 19.1 Å². The first-order chi connectivity index (χ1) is 9.01. The largest absolute Gasteiger partial charge is 0.469 e. The summed E-state index contributed by atoms with van der Waals surface area (Å²) in [7, 11) is 1.44. The maximum Gasteiger partial charge on any atom is 0.309 e. The molecule has 1 rings (SSSR count). The molecule has 1 heterocycles. The van der Waals surface area contributed by atoms with Gasteiger partial charge < -0.3 is 10.1 Å². The van der Waals surface area contributed by atoms with Gasteiger partial charge in [-0.25, -0.2) is 0 Å². The predicted molar refractivity (Wildman–Crippen MR) is 75.9 cm³/mol. The third-order valence-electron chi connectivity index (χ3n) is 3.45. The molecule has 1 atom stereocenters. The van der Waals surface area contributed by atoms with Gasteiger partial charge in [-0.1, -0.05) is 20.8 Å². The molecule has 106 valence electrons. The van der Waals surface area contributed by atoms with Gasteiger partial charge in [0.2, 0.25) is 0 Å². The van der Waals surface area contributed by atoms with Crippen molar-refractivity contribution in [3.8, 4) is 0 Å². The van der Waals surface area contributed by atoms with Crippen molar-refractivity contribution in [1.82, 2.24) is 10.3 Å². The normalized spacial score (nSPS) is 13.1. The number of pyridine rings is 1. The lowest BCUT2D eigenvalue weighted by molar-refractivity contribution is -0.145. The number of aromatic nitrogens is 1. The van der Waals surface area contributed by atoms with Gasteiger partial charge in [0.15, 0.2) is 0 Å². The molecule has 1 unspecified atom stereocenters. The molecular formula is C15H24N2O2. The fourth-order valence-corrected chi connectivity index (χ4v) is 2.03. The molecule has 4 heteroatoms. The lowest BCUT2D eigenvalue weighted by atomic mass is 9.85. The molecule has 0 aliphatic heterocycles. The van der Waals surface area contributed by atoms with Crippen LogP contribution in [0.4, 0.5) is 0 Å². The van der Waals surface area contributed by atoms with Gasteiger partial charge in [-0.2, -0.15) is 0 Å². The van der Waals surface area contributed by atoms with Crippen molar-refractivity contribution in [1.29, 1.82) is 0 Å². The second-order valence-corrected chi connectivity index (χ2v) is 5.38. The van der Waals surface area contributed by atoms with E-state index >= 15 is 0 Å². The van der Waals surface area contributed by atoms with Gasteiger partial charge in [-0.05, 0) is 24.1 Å². The van der Waals surface area contributed by atoms with E-state index in [-0.39, 0.29) is 17.3 Å². The Bertz CT molecular complexity index is 390. The SMILES string of the molecule is CCC(CNCC(C)(C)c1ccncc1)C(=O)OC. The maximum atomic E-state index is 11.5. The van der Waals surface area contributed by atoms with Crippen LogP contribution in [0.5, 0.6) is 0 Å². The third kappa shape index (κ3) is 4.63. The minimum Gasteiger partial charge on any atom is -0.469 e. The van der Waals surface area contributed by atoms with E-state index in [1.165, 1.54) is 12.7 Å². The van der Waals surface area contributed by atoms with Crippen LogP contribution in [-0.4, -0.2) is 31.2 Å². The fourth-order valence-electron chi connectivity index (χ4n) is 2.03. The van der Waals surface area contributed by atoms with Crippen molar-refractivity contribution >= 4 is 5.97 Å². The van der Waals surface area contributed by atoms with E-state index < -0.39 is 0 Å². The second kappa shape index (κ2) is 7.24. The molecule has 4 nitrogen and oxygen atoms in total. The summed E-state index contributed by atoms with van der Waals surface area (Å²) in [6.45, 7) is 7.81. The number of carbonyl (C=O) groups excluding carboxylic acids is 1. The summed E-state index contributed by atoms with van der Waals surface area (Å²) in [6, 6.07) is 4.05. The number of hydrogen-bond acceptors (Lipinski definition) is 4. The highest BCUT2D eigenvalue weighted by Crippen LogP contribution is 2.21. The quantitative estimate of drug-likeness (QED) is 0.767. The number of hydrogen-bond donors (Lipinski definition) is 1. The van der Waals surface area contributed by atoms with Crippen LogP contribution < -0.4 is 5.32 Å². The summed E-state index contributed by atoms with van der Waals surface area (Å²) >= 11 is 0. The van der Waals surface area contributed by atoms with Crippen LogP contribution in [0.15, 0.2) is 24.5 Å². The number of rotatable bonds is 7. The first-order valence-corrected chi connectivity index (χ1v) is 6.70. The topological polar surface area (TPSA) is 51.2 Å². The van der Waals surface area contributed by atoms with E-state index in [0.717, 1.165) is 13.0 Å². The Morgan fingerprint density at radius 2 is 2.05 bits per heavy atom.